The first-order valence-electron chi connectivity index (χ1n) is 10.0. The Kier molecular flexibility index (Phi) is 6.21. The maximum absolute atomic E-state index is 13.1. The number of carbonyl (C=O) groups is 3. The number of fused-ring (bicyclic) bond motifs is 1. The Morgan fingerprint density at radius 3 is 2.68 bits per heavy atom. The summed E-state index contributed by atoms with van der Waals surface area (Å²) in [5, 5.41) is 12.1. The second-order valence-corrected chi connectivity index (χ2v) is 8.16. The van der Waals surface area contributed by atoms with Crippen molar-refractivity contribution in [2.75, 3.05) is 26.2 Å². The van der Waals surface area contributed by atoms with Crippen molar-refractivity contribution >= 4 is 17.9 Å². The molecule has 1 aromatic carbocycles. The number of likely N-dealkylation sites (tertiary alicyclic amines) is 1. The predicted octanol–water partition coefficient (Wildman–Crippen LogP) is 2.35. The average molecular weight is 387 g/mol. The molecule has 2 heterocycles. The van der Waals surface area contributed by atoms with E-state index in [1.807, 2.05) is 24.8 Å². The van der Waals surface area contributed by atoms with Gasteiger partial charge in [-0.25, -0.2) is 9.59 Å². The number of amides is 3. The second-order valence-electron chi connectivity index (χ2n) is 8.16. The van der Waals surface area contributed by atoms with Crippen molar-refractivity contribution < 1.29 is 19.5 Å². The molecular formula is C21H29N3O4. The average Bonchev–Trinajstić information content (AvgIpc) is 2.70. The highest BCUT2D eigenvalue weighted by Crippen LogP contribution is 2.25. The first-order valence-corrected chi connectivity index (χ1v) is 10.0. The topological polar surface area (TPSA) is 90.0 Å². The molecule has 7 heteroatoms. The van der Waals surface area contributed by atoms with E-state index in [0.717, 1.165) is 30.4 Å². The molecule has 0 bridgehead atoms. The lowest BCUT2D eigenvalue weighted by Gasteiger charge is -2.36. The fraction of sp³-hybridized carbons (Fsp3) is 0.571. The van der Waals surface area contributed by atoms with Crippen molar-refractivity contribution in [3.63, 3.8) is 0 Å². The van der Waals surface area contributed by atoms with Crippen molar-refractivity contribution in [2.24, 2.45) is 11.8 Å². The highest BCUT2D eigenvalue weighted by molar-refractivity contribution is 5.88. The number of nitrogens with one attached hydrogen (secondary N) is 1. The van der Waals surface area contributed by atoms with Gasteiger partial charge < -0.3 is 20.2 Å². The normalized spacial score (nSPS) is 19.3. The summed E-state index contributed by atoms with van der Waals surface area (Å²) in [5.41, 5.74) is 2.26. The van der Waals surface area contributed by atoms with Gasteiger partial charge in [0.05, 0.1) is 11.5 Å². The van der Waals surface area contributed by atoms with E-state index in [1.54, 1.807) is 17.0 Å². The Morgan fingerprint density at radius 2 is 1.96 bits per heavy atom. The van der Waals surface area contributed by atoms with Crippen LogP contribution < -0.4 is 5.32 Å². The zero-order valence-corrected chi connectivity index (χ0v) is 16.6. The molecule has 3 rings (SSSR count). The standard InChI is InChI=1S/C21H29N3O4/c1-14(2)11-22-21(28)24-8-3-4-17(12-24)19(25)23-9-7-15-5-6-16(20(26)27)10-18(15)13-23/h5-6,10,14,17H,3-4,7-9,11-13H2,1-2H3,(H,22,28)(H,26,27). The summed E-state index contributed by atoms with van der Waals surface area (Å²) in [4.78, 5) is 40.2. The maximum atomic E-state index is 13.1. The number of aromatic carboxylic acids is 1. The van der Waals surface area contributed by atoms with Crippen LogP contribution in [0.1, 0.15) is 48.2 Å². The molecule has 1 aromatic rings. The van der Waals surface area contributed by atoms with E-state index in [9.17, 15) is 19.5 Å². The number of nitrogens with zero attached hydrogens (tertiary/aromatic N) is 2. The number of hydrogen-bond acceptors (Lipinski definition) is 3. The van der Waals surface area contributed by atoms with Gasteiger partial charge in [-0.3, -0.25) is 4.79 Å². The van der Waals surface area contributed by atoms with Crippen LogP contribution in [0.25, 0.3) is 0 Å². The van der Waals surface area contributed by atoms with Crippen LogP contribution in [0, 0.1) is 11.8 Å². The van der Waals surface area contributed by atoms with E-state index >= 15 is 0 Å². The minimum Gasteiger partial charge on any atom is -0.478 e. The van der Waals surface area contributed by atoms with E-state index in [2.05, 4.69) is 5.32 Å². The molecule has 7 nitrogen and oxygen atoms in total. The number of rotatable bonds is 4. The molecule has 0 saturated carbocycles. The largest absolute Gasteiger partial charge is 0.478 e. The third kappa shape index (κ3) is 4.64. The SMILES string of the molecule is CC(C)CNC(=O)N1CCCC(C(=O)N2CCc3ccc(C(=O)O)cc3C2)C1. The first-order chi connectivity index (χ1) is 13.3. The van der Waals surface area contributed by atoms with Gasteiger partial charge in [-0.15, -0.1) is 0 Å². The van der Waals surface area contributed by atoms with Gasteiger partial charge in [-0.1, -0.05) is 19.9 Å². The number of carbonyl (C=O) groups excluding carboxylic acids is 2. The lowest BCUT2D eigenvalue weighted by molar-refractivity contribution is -0.137. The molecule has 1 fully saturated rings. The third-order valence-electron chi connectivity index (χ3n) is 5.50. The Labute approximate surface area is 165 Å². The highest BCUT2D eigenvalue weighted by Gasteiger charge is 2.32. The van der Waals surface area contributed by atoms with Crippen molar-refractivity contribution in [3.05, 3.63) is 34.9 Å². The lowest BCUT2D eigenvalue weighted by atomic mass is 9.93. The fourth-order valence-electron chi connectivity index (χ4n) is 3.90. The molecule has 0 aromatic heterocycles. The first kappa shape index (κ1) is 20.2. The molecule has 0 radical (unpaired) electrons. The lowest BCUT2D eigenvalue weighted by Crippen LogP contribution is -2.50. The van der Waals surface area contributed by atoms with Gasteiger partial charge in [0, 0.05) is 32.7 Å². The summed E-state index contributed by atoms with van der Waals surface area (Å²) in [7, 11) is 0. The molecule has 0 aliphatic carbocycles. The summed E-state index contributed by atoms with van der Waals surface area (Å²) in [6, 6.07) is 5.04. The Hall–Kier alpha value is -2.57. The number of carboxylic acids is 1. The Bertz CT molecular complexity index is 762. The second kappa shape index (κ2) is 8.63. The quantitative estimate of drug-likeness (QED) is 0.830. The molecule has 152 valence electrons. The third-order valence-corrected chi connectivity index (χ3v) is 5.50. The number of urea groups is 1. The van der Waals surface area contributed by atoms with Gasteiger partial charge in [-0.2, -0.15) is 0 Å². The fourth-order valence-corrected chi connectivity index (χ4v) is 3.90. The molecule has 2 N–H and O–H groups in total. The van der Waals surface area contributed by atoms with E-state index in [1.165, 1.54) is 0 Å². The van der Waals surface area contributed by atoms with Gasteiger partial charge in [0.2, 0.25) is 5.91 Å². The van der Waals surface area contributed by atoms with Gasteiger partial charge in [0.15, 0.2) is 0 Å². The predicted molar refractivity (Wildman–Crippen MR) is 105 cm³/mol. The minimum atomic E-state index is -0.957. The van der Waals surface area contributed by atoms with Crippen LogP contribution in [0.5, 0.6) is 0 Å². The number of carboxylic acid groups (broad SMARTS) is 1. The summed E-state index contributed by atoms with van der Waals surface area (Å²) in [6.07, 6.45) is 2.33. The van der Waals surface area contributed by atoms with E-state index in [4.69, 9.17) is 0 Å². The van der Waals surface area contributed by atoms with Crippen LogP contribution in [0.15, 0.2) is 18.2 Å². The molecule has 1 atom stereocenters. The van der Waals surface area contributed by atoms with Gasteiger partial charge >= 0.3 is 12.0 Å². The van der Waals surface area contributed by atoms with E-state index in [0.29, 0.717) is 38.6 Å². The van der Waals surface area contributed by atoms with E-state index in [-0.39, 0.29) is 23.4 Å². The smallest absolute Gasteiger partial charge is 0.335 e. The Balaban J connectivity index is 1.63. The van der Waals surface area contributed by atoms with Crippen LogP contribution in [0.4, 0.5) is 4.79 Å². The number of piperidine rings is 1. The number of benzene rings is 1. The zero-order valence-electron chi connectivity index (χ0n) is 16.6. The zero-order chi connectivity index (χ0) is 20.3. The molecule has 2 aliphatic heterocycles. The maximum Gasteiger partial charge on any atom is 0.335 e. The summed E-state index contributed by atoms with van der Waals surface area (Å²) in [6.45, 7) is 6.92. The van der Waals surface area contributed by atoms with Crippen LogP contribution in [-0.2, 0) is 17.8 Å². The number of hydrogen-bond donors (Lipinski definition) is 2. The highest BCUT2D eigenvalue weighted by atomic mass is 16.4. The van der Waals surface area contributed by atoms with Crippen LogP contribution >= 0.6 is 0 Å². The van der Waals surface area contributed by atoms with Crippen LogP contribution in [-0.4, -0.2) is 59.0 Å². The van der Waals surface area contributed by atoms with Crippen molar-refractivity contribution in [1.29, 1.82) is 0 Å². The Morgan fingerprint density at radius 1 is 1.18 bits per heavy atom. The molecule has 2 aliphatic rings. The minimum absolute atomic E-state index is 0.0627. The van der Waals surface area contributed by atoms with Gasteiger partial charge in [-0.05, 0) is 48.4 Å². The van der Waals surface area contributed by atoms with Gasteiger partial charge in [0.1, 0.15) is 0 Å². The summed E-state index contributed by atoms with van der Waals surface area (Å²) in [5.74, 6) is -0.702. The van der Waals surface area contributed by atoms with Crippen molar-refractivity contribution in [2.45, 2.75) is 39.7 Å². The molecule has 1 saturated heterocycles. The van der Waals surface area contributed by atoms with Crippen LogP contribution in [0.3, 0.4) is 0 Å². The van der Waals surface area contributed by atoms with Crippen molar-refractivity contribution in [1.82, 2.24) is 15.1 Å². The summed E-state index contributed by atoms with van der Waals surface area (Å²) < 4.78 is 0. The molecule has 28 heavy (non-hydrogen) atoms. The molecule has 3 amide bonds. The van der Waals surface area contributed by atoms with Crippen molar-refractivity contribution in [3.8, 4) is 0 Å². The van der Waals surface area contributed by atoms with Crippen LogP contribution in [0.2, 0.25) is 0 Å². The molecule has 1 unspecified atom stereocenters. The summed E-state index contributed by atoms with van der Waals surface area (Å²) >= 11 is 0. The molecular weight excluding hydrogens is 358 g/mol. The van der Waals surface area contributed by atoms with Gasteiger partial charge in [0.25, 0.3) is 0 Å². The van der Waals surface area contributed by atoms with E-state index < -0.39 is 5.97 Å². The monoisotopic (exact) mass is 387 g/mol. The molecule has 0 spiro atoms.